The summed E-state index contributed by atoms with van der Waals surface area (Å²) in [6, 6.07) is 2.72. The van der Waals surface area contributed by atoms with E-state index < -0.39 is 35.1 Å². The highest BCUT2D eigenvalue weighted by Gasteiger charge is 2.21. The number of amides is 2. The minimum absolute atomic E-state index is 0.0165. The van der Waals surface area contributed by atoms with Crippen molar-refractivity contribution in [1.82, 2.24) is 10.6 Å². The molecule has 10 heteroatoms. The monoisotopic (exact) mass is 367 g/mol. The minimum atomic E-state index is -0.769. The molecule has 1 aromatic carbocycles. The highest BCUT2D eigenvalue weighted by atomic mass is 16.6. The first-order chi connectivity index (χ1) is 12.3. The van der Waals surface area contributed by atoms with E-state index in [0.29, 0.717) is 6.54 Å². The quantitative estimate of drug-likeness (QED) is 0.374. The summed E-state index contributed by atoms with van der Waals surface area (Å²) in [5.41, 5.74) is -0.494. The standard InChI is InChI=1S/C16H21N3O7/c1-4-7-17-15(21)10(2)18-14(20)9-26-13-6-5-11(16(22)25-3)8-12(13)19(23)24/h5-6,8,10H,4,7,9H2,1-3H3,(H,17,21)(H,18,20)/t10-/m0/s1. The largest absolute Gasteiger partial charge is 0.477 e. The van der Waals surface area contributed by atoms with Crippen molar-refractivity contribution in [2.24, 2.45) is 0 Å². The number of benzene rings is 1. The third kappa shape index (κ3) is 6.04. The van der Waals surface area contributed by atoms with Crippen molar-refractivity contribution in [2.75, 3.05) is 20.3 Å². The van der Waals surface area contributed by atoms with Crippen LogP contribution in [0, 0.1) is 10.1 Å². The van der Waals surface area contributed by atoms with Crippen LogP contribution in [0.15, 0.2) is 18.2 Å². The van der Waals surface area contributed by atoms with Crippen LogP contribution < -0.4 is 15.4 Å². The van der Waals surface area contributed by atoms with Crippen molar-refractivity contribution in [1.29, 1.82) is 0 Å². The van der Waals surface area contributed by atoms with Gasteiger partial charge in [-0.1, -0.05) is 6.92 Å². The van der Waals surface area contributed by atoms with Gasteiger partial charge >= 0.3 is 11.7 Å². The second kappa shape index (κ2) is 9.97. The highest BCUT2D eigenvalue weighted by Crippen LogP contribution is 2.28. The molecule has 10 nitrogen and oxygen atoms in total. The molecule has 2 amide bonds. The Kier molecular flexibility index (Phi) is 8.00. The maximum Gasteiger partial charge on any atom is 0.338 e. The molecule has 0 aromatic heterocycles. The number of rotatable bonds is 9. The van der Waals surface area contributed by atoms with Crippen LogP contribution in [0.4, 0.5) is 5.69 Å². The molecule has 0 spiro atoms. The summed E-state index contributed by atoms with van der Waals surface area (Å²) < 4.78 is 9.65. The van der Waals surface area contributed by atoms with Crippen LogP contribution in [-0.2, 0) is 14.3 Å². The minimum Gasteiger partial charge on any atom is -0.477 e. The van der Waals surface area contributed by atoms with E-state index in [4.69, 9.17) is 4.74 Å². The van der Waals surface area contributed by atoms with E-state index in [1.165, 1.54) is 19.1 Å². The Balaban J connectivity index is 2.71. The molecule has 0 saturated heterocycles. The van der Waals surface area contributed by atoms with E-state index in [9.17, 15) is 24.5 Å². The Hall–Kier alpha value is -3.17. The van der Waals surface area contributed by atoms with Crippen LogP contribution in [0.1, 0.15) is 30.6 Å². The third-order valence-electron chi connectivity index (χ3n) is 3.26. The third-order valence-corrected chi connectivity index (χ3v) is 3.26. The average Bonchev–Trinajstić information content (AvgIpc) is 2.63. The van der Waals surface area contributed by atoms with Gasteiger partial charge in [-0.25, -0.2) is 4.79 Å². The molecule has 0 unspecified atom stereocenters. The Labute approximate surface area is 150 Å². The van der Waals surface area contributed by atoms with E-state index in [1.54, 1.807) is 0 Å². The predicted molar refractivity (Wildman–Crippen MR) is 90.8 cm³/mol. The topological polar surface area (TPSA) is 137 Å². The molecular formula is C16H21N3O7. The smallest absolute Gasteiger partial charge is 0.338 e. The summed E-state index contributed by atoms with van der Waals surface area (Å²) >= 11 is 0. The lowest BCUT2D eigenvalue weighted by molar-refractivity contribution is -0.385. The van der Waals surface area contributed by atoms with Gasteiger partial charge in [0.05, 0.1) is 17.6 Å². The number of nitro groups is 1. The lowest BCUT2D eigenvalue weighted by atomic mass is 10.2. The van der Waals surface area contributed by atoms with Crippen LogP contribution >= 0.6 is 0 Å². The number of nitrogens with zero attached hydrogens (tertiary/aromatic N) is 1. The number of ether oxygens (including phenoxy) is 2. The van der Waals surface area contributed by atoms with Gasteiger partial charge in [-0.15, -0.1) is 0 Å². The zero-order chi connectivity index (χ0) is 19.7. The lowest BCUT2D eigenvalue weighted by Crippen LogP contribution is -2.46. The molecule has 0 aliphatic rings. The summed E-state index contributed by atoms with van der Waals surface area (Å²) in [4.78, 5) is 45.4. The predicted octanol–water partition coefficient (Wildman–Crippen LogP) is 0.791. The molecule has 1 rings (SSSR count). The van der Waals surface area contributed by atoms with Crippen molar-refractivity contribution >= 4 is 23.5 Å². The van der Waals surface area contributed by atoms with Crippen molar-refractivity contribution in [3.63, 3.8) is 0 Å². The normalized spacial score (nSPS) is 11.2. The van der Waals surface area contributed by atoms with Crippen LogP contribution in [0.2, 0.25) is 0 Å². The average molecular weight is 367 g/mol. The van der Waals surface area contributed by atoms with Gasteiger partial charge in [0.15, 0.2) is 12.4 Å². The molecule has 0 fully saturated rings. The van der Waals surface area contributed by atoms with Crippen LogP contribution in [0.25, 0.3) is 0 Å². The molecule has 0 aliphatic carbocycles. The molecule has 142 valence electrons. The van der Waals surface area contributed by atoms with Crippen molar-refractivity contribution < 1.29 is 28.8 Å². The summed E-state index contributed by atoms with van der Waals surface area (Å²) in [5, 5.41) is 16.2. The zero-order valence-corrected chi connectivity index (χ0v) is 14.7. The van der Waals surface area contributed by atoms with Gasteiger partial charge in [0, 0.05) is 12.6 Å². The second-order valence-electron chi connectivity index (χ2n) is 5.30. The SMILES string of the molecule is CCCNC(=O)[C@H](C)NC(=O)COc1ccc(C(=O)OC)cc1[N+](=O)[O-]. The Morgan fingerprint density at radius 2 is 2.00 bits per heavy atom. The fraction of sp³-hybridized carbons (Fsp3) is 0.438. The molecule has 0 heterocycles. The Morgan fingerprint density at radius 3 is 2.58 bits per heavy atom. The van der Waals surface area contributed by atoms with Gasteiger partial charge in [-0.3, -0.25) is 19.7 Å². The molecule has 0 bridgehead atoms. The number of carbonyl (C=O) groups excluding carboxylic acids is 3. The van der Waals surface area contributed by atoms with E-state index in [0.717, 1.165) is 19.6 Å². The number of hydrogen-bond acceptors (Lipinski definition) is 7. The fourth-order valence-electron chi connectivity index (χ4n) is 1.92. The van der Waals surface area contributed by atoms with E-state index in [-0.39, 0.29) is 17.2 Å². The number of esters is 1. The number of nitrogens with one attached hydrogen (secondary N) is 2. The molecular weight excluding hydrogens is 346 g/mol. The van der Waals surface area contributed by atoms with Gasteiger partial charge in [0.25, 0.3) is 5.91 Å². The van der Waals surface area contributed by atoms with Crippen molar-refractivity contribution in [2.45, 2.75) is 26.3 Å². The zero-order valence-electron chi connectivity index (χ0n) is 14.7. The molecule has 1 atom stereocenters. The van der Waals surface area contributed by atoms with Crippen LogP contribution in [0.3, 0.4) is 0 Å². The summed E-state index contributed by atoms with van der Waals surface area (Å²) in [7, 11) is 1.15. The van der Waals surface area contributed by atoms with Gasteiger partial charge in [0.2, 0.25) is 5.91 Å². The van der Waals surface area contributed by atoms with E-state index in [2.05, 4.69) is 15.4 Å². The Bertz CT molecular complexity index is 690. The number of carbonyl (C=O) groups is 3. The molecule has 0 radical (unpaired) electrons. The lowest BCUT2D eigenvalue weighted by Gasteiger charge is -2.14. The van der Waals surface area contributed by atoms with E-state index >= 15 is 0 Å². The first kappa shape index (κ1) is 20.9. The molecule has 0 saturated carbocycles. The van der Waals surface area contributed by atoms with E-state index in [1.807, 2.05) is 6.92 Å². The van der Waals surface area contributed by atoms with Gasteiger partial charge < -0.3 is 20.1 Å². The molecule has 0 aliphatic heterocycles. The van der Waals surface area contributed by atoms with Crippen LogP contribution in [0.5, 0.6) is 5.75 Å². The van der Waals surface area contributed by atoms with Gasteiger partial charge in [-0.05, 0) is 25.5 Å². The van der Waals surface area contributed by atoms with Crippen molar-refractivity contribution in [3.8, 4) is 5.75 Å². The maximum atomic E-state index is 11.8. The van der Waals surface area contributed by atoms with Crippen LogP contribution in [-0.4, -0.2) is 49.0 Å². The second-order valence-corrected chi connectivity index (χ2v) is 5.30. The summed E-state index contributed by atoms with van der Waals surface area (Å²) in [5.74, 6) is -1.87. The summed E-state index contributed by atoms with van der Waals surface area (Å²) in [6.07, 6.45) is 0.765. The molecule has 26 heavy (non-hydrogen) atoms. The highest BCUT2D eigenvalue weighted by molar-refractivity contribution is 5.90. The Morgan fingerprint density at radius 1 is 1.31 bits per heavy atom. The first-order valence-electron chi connectivity index (χ1n) is 7.86. The summed E-state index contributed by atoms with van der Waals surface area (Å²) in [6.45, 7) is 3.38. The molecule has 1 aromatic rings. The van der Waals surface area contributed by atoms with Gasteiger partial charge in [0.1, 0.15) is 6.04 Å². The number of methoxy groups -OCH3 is 1. The first-order valence-corrected chi connectivity index (χ1v) is 7.86. The fourth-order valence-corrected chi connectivity index (χ4v) is 1.92. The van der Waals surface area contributed by atoms with Gasteiger partial charge in [-0.2, -0.15) is 0 Å². The maximum absolute atomic E-state index is 11.8. The molecule has 2 N–H and O–H groups in total. The van der Waals surface area contributed by atoms with Crippen molar-refractivity contribution in [3.05, 3.63) is 33.9 Å². The number of nitro benzene ring substituents is 1. The number of hydrogen-bond donors (Lipinski definition) is 2.